The summed E-state index contributed by atoms with van der Waals surface area (Å²) in [5.41, 5.74) is 1.14. The van der Waals surface area contributed by atoms with Gasteiger partial charge in [-0.2, -0.15) is 4.31 Å². The fourth-order valence-electron chi connectivity index (χ4n) is 4.30. The maximum absolute atomic E-state index is 13.4. The van der Waals surface area contributed by atoms with E-state index in [0.29, 0.717) is 12.0 Å². The molecule has 0 aliphatic carbocycles. The first-order valence-electron chi connectivity index (χ1n) is 11.6. The normalized spacial score (nSPS) is 15.2. The first-order valence-corrected chi connectivity index (χ1v) is 13.1. The summed E-state index contributed by atoms with van der Waals surface area (Å²) in [7, 11) is -2.56. The van der Waals surface area contributed by atoms with Crippen LogP contribution in [0.4, 0.5) is 11.4 Å². The second-order valence-electron chi connectivity index (χ2n) is 8.45. The molecule has 1 aliphatic rings. The summed E-state index contributed by atoms with van der Waals surface area (Å²) in [6.07, 6.45) is 0.163. The van der Waals surface area contributed by atoms with Crippen LogP contribution in [0.3, 0.4) is 0 Å². The summed E-state index contributed by atoms with van der Waals surface area (Å²) in [6.45, 7) is -0.532. The molecule has 1 aliphatic heterocycles. The van der Waals surface area contributed by atoms with E-state index in [4.69, 9.17) is 9.47 Å². The van der Waals surface area contributed by atoms with Gasteiger partial charge in [-0.3, -0.25) is 19.7 Å². The van der Waals surface area contributed by atoms with Gasteiger partial charge in [-0.25, -0.2) is 8.42 Å². The Hall–Kier alpha value is -4.29. The molecule has 11 nitrogen and oxygen atoms in total. The van der Waals surface area contributed by atoms with E-state index in [1.807, 2.05) is 12.1 Å². The first-order chi connectivity index (χ1) is 18.2. The summed E-state index contributed by atoms with van der Waals surface area (Å²) in [5, 5.41) is 13.7. The highest BCUT2D eigenvalue weighted by atomic mass is 32.2. The van der Waals surface area contributed by atoms with Crippen molar-refractivity contribution >= 4 is 33.3 Å². The Kier molecular flexibility index (Phi) is 8.03. The van der Waals surface area contributed by atoms with Gasteiger partial charge in [0, 0.05) is 6.54 Å². The maximum Gasteiger partial charge on any atom is 0.308 e. The SMILES string of the molecule is COc1ccc(NC(=O)COC(=O)C[C@@H]2c3ccccc3CCN2S(=O)(=O)c2ccccc2)c([N+](=O)[O-])c1. The fraction of sp³-hybridized carbons (Fsp3) is 0.231. The predicted octanol–water partition coefficient (Wildman–Crippen LogP) is 3.46. The minimum Gasteiger partial charge on any atom is -0.496 e. The van der Waals surface area contributed by atoms with E-state index in [1.54, 1.807) is 30.3 Å². The van der Waals surface area contributed by atoms with Crippen molar-refractivity contribution < 1.29 is 32.4 Å². The molecule has 0 unspecified atom stereocenters. The van der Waals surface area contributed by atoms with Gasteiger partial charge in [-0.05, 0) is 41.8 Å². The molecule has 1 amide bonds. The van der Waals surface area contributed by atoms with Gasteiger partial charge >= 0.3 is 5.97 Å². The van der Waals surface area contributed by atoms with Crippen LogP contribution in [0, 0.1) is 10.1 Å². The quantitative estimate of drug-likeness (QED) is 0.247. The lowest BCUT2D eigenvalue weighted by Crippen LogP contribution is -2.41. The topological polar surface area (TPSA) is 145 Å². The number of nitrogens with zero attached hydrogens (tertiary/aromatic N) is 2. The number of nitrogens with one attached hydrogen (secondary N) is 1. The largest absolute Gasteiger partial charge is 0.496 e. The lowest BCUT2D eigenvalue weighted by Gasteiger charge is -2.36. The molecule has 3 aromatic carbocycles. The van der Waals surface area contributed by atoms with Crippen LogP contribution in [0.1, 0.15) is 23.6 Å². The molecule has 0 spiro atoms. The van der Waals surface area contributed by atoms with Crippen molar-refractivity contribution in [3.05, 3.63) is 94.0 Å². The highest BCUT2D eigenvalue weighted by molar-refractivity contribution is 7.89. The third-order valence-corrected chi connectivity index (χ3v) is 8.04. The third-order valence-electron chi connectivity index (χ3n) is 6.11. The van der Waals surface area contributed by atoms with Crippen LogP contribution in [0.2, 0.25) is 0 Å². The average Bonchev–Trinajstić information content (AvgIpc) is 2.92. The number of methoxy groups -OCH3 is 1. The number of hydrogen-bond donors (Lipinski definition) is 1. The van der Waals surface area contributed by atoms with E-state index in [9.17, 15) is 28.1 Å². The van der Waals surface area contributed by atoms with Crippen molar-refractivity contribution in [2.75, 3.05) is 25.6 Å². The summed E-state index contributed by atoms with van der Waals surface area (Å²) >= 11 is 0. The molecular formula is C26H25N3O8S. The van der Waals surface area contributed by atoms with Gasteiger partial charge in [0.05, 0.1) is 35.5 Å². The predicted molar refractivity (Wildman–Crippen MR) is 137 cm³/mol. The second-order valence-corrected chi connectivity index (χ2v) is 10.3. The molecule has 0 saturated carbocycles. The van der Waals surface area contributed by atoms with Crippen molar-refractivity contribution in [1.29, 1.82) is 0 Å². The Morgan fingerprint density at radius 3 is 2.50 bits per heavy atom. The number of amides is 1. The van der Waals surface area contributed by atoms with Crippen LogP contribution >= 0.6 is 0 Å². The molecule has 1 atom stereocenters. The Morgan fingerprint density at radius 1 is 1.08 bits per heavy atom. The highest BCUT2D eigenvalue weighted by Crippen LogP contribution is 2.36. The molecule has 0 saturated heterocycles. The van der Waals surface area contributed by atoms with E-state index in [-0.39, 0.29) is 35.0 Å². The van der Waals surface area contributed by atoms with Crippen LogP contribution in [0.5, 0.6) is 5.75 Å². The molecule has 0 bridgehead atoms. The molecule has 0 radical (unpaired) electrons. The zero-order chi connectivity index (χ0) is 27.3. The minimum atomic E-state index is -3.92. The number of nitro groups is 1. The molecular weight excluding hydrogens is 514 g/mol. The number of rotatable bonds is 9. The molecule has 1 heterocycles. The zero-order valence-electron chi connectivity index (χ0n) is 20.4. The van der Waals surface area contributed by atoms with E-state index >= 15 is 0 Å². The Morgan fingerprint density at radius 2 is 1.79 bits per heavy atom. The molecule has 1 N–H and O–H groups in total. The van der Waals surface area contributed by atoms with Crippen molar-refractivity contribution in [2.45, 2.75) is 23.8 Å². The monoisotopic (exact) mass is 539 g/mol. The number of benzene rings is 3. The summed E-state index contributed by atoms with van der Waals surface area (Å²) in [4.78, 5) is 36.0. The van der Waals surface area contributed by atoms with Gasteiger partial charge in [0.2, 0.25) is 10.0 Å². The standard InChI is InChI=1S/C26H25N3O8S/c1-36-19-11-12-22(24(15-19)29(32)33)27-25(30)17-37-26(31)16-23-21-10-6-5-7-18(21)13-14-28(23)38(34,35)20-8-3-2-4-9-20/h2-12,15,23H,13-14,16-17H2,1H3,(H,27,30)/t23-/m1/s1. The fourth-order valence-corrected chi connectivity index (χ4v) is 5.93. The van der Waals surface area contributed by atoms with Gasteiger partial charge < -0.3 is 14.8 Å². The Balaban J connectivity index is 1.48. The number of anilines is 1. The number of fused-ring (bicyclic) bond motifs is 1. The van der Waals surface area contributed by atoms with Crippen LogP contribution in [-0.4, -0.2) is 49.8 Å². The summed E-state index contributed by atoms with van der Waals surface area (Å²) in [6, 6.07) is 18.3. The van der Waals surface area contributed by atoms with Crippen molar-refractivity contribution in [1.82, 2.24) is 4.31 Å². The first kappa shape index (κ1) is 26.8. The summed E-state index contributed by atoms with van der Waals surface area (Å²) < 4.78 is 38.3. The number of carbonyl (C=O) groups is 2. The number of esters is 1. The van der Waals surface area contributed by atoms with E-state index in [0.717, 1.165) is 11.6 Å². The number of sulfonamides is 1. The molecule has 3 aromatic rings. The smallest absolute Gasteiger partial charge is 0.308 e. The van der Waals surface area contributed by atoms with E-state index in [2.05, 4.69) is 5.32 Å². The number of carbonyl (C=O) groups excluding carboxylic acids is 2. The van der Waals surface area contributed by atoms with Crippen LogP contribution in [-0.2, 0) is 30.8 Å². The van der Waals surface area contributed by atoms with Crippen molar-refractivity contribution in [3.63, 3.8) is 0 Å². The minimum absolute atomic E-state index is 0.0850. The Bertz CT molecular complexity index is 1460. The Labute approximate surface area is 219 Å². The third kappa shape index (κ3) is 5.82. The highest BCUT2D eigenvalue weighted by Gasteiger charge is 2.37. The van der Waals surface area contributed by atoms with Crippen molar-refractivity contribution in [3.8, 4) is 5.75 Å². The van der Waals surface area contributed by atoms with Crippen LogP contribution in [0.25, 0.3) is 0 Å². The van der Waals surface area contributed by atoms with E-state index in [1.165, 1.54) is 35.7 Å². The van der Waals surface area contributed by atoms with Crippen LogP contribution < -0.4 is 10.1 Å². The second kappa shape index (κ2) is 11.4. The maximum atomic E-state index is 13.4. The zero-order valence-corrected chi connectivity index (χ0v) is 21.2. The molecule has 12 heteroatoms. The average molecular weight is 540 g/mol. The van der Waals surface area contributed by atoms with Gasteiger partial charge in [0.15, 0.2) is 6.61 Å². The lowest BCUT2D eigenvalue weighted by molar-refractivity contribution is -0.384. The van der Waals surface area contributed by atoms with Gasteiger partial charge in [-0.1, -0.05) is 42.5 Å². The van der Waals surface area contributed by atoms with Gasteiger partial charge in [0.1, 0.15) is 11.4 Å². The van der Waals surface area contributed by atoms with Gasteiger partial charge in [-0.15, -0.1) is 0 Å². The molecule has 38 heavy (non-hydrogen) atoms. The van der Waals surface area contributed by atoms with Crippen LogP contribution in [0.15, 0.2) is 77.7 Å². The molecule has 4 rings (SSSR count). The molecule has 198 valence electrons. The number of nitro benzene ring substituents is 1. The number of ether oxygens (including phenoxy) is 2. The van der Waals surface area contributed by atoms with Gasteiger partial charge in [0.25, 0.3) is 11.6 Å². The molecule has 0 aromatic heterocycles. The van der Waals surface area contributed by atoms with Crippen molar-refractivity contribution in [2.24, 2.45) is 0 Å². The summed E-state index contributed by atoms with van der Waals surface area (Å²) in [5.74, 6) is -1.34. The molecule has 0 fully saturated rings. The lowest BCUT2D eigenvalue weighted by atomic mass is 9.92. The number of hydrogen-bond acceptors (Lipinski definition) is 8. The van der Waals surface area contributed by atoms with E-state index < -0.39 is 39.5 Å².